The number of likely N-dealkylation sites (tertiary alicyclic amines) is 1. The van der Waals surface area contributed by atoms with Crippen molar-refractivity contribution in [3.8, 4) is 0 Å². The summed E-state index contributed by atoms with van der Waals surface area (Å²) >= 11 is 0. The van der Waals surface area contributed by atoms with Crippen molar-refractivity contribution in [2.24, 2.45) is 5.92 Å². The second-order valence-corrected chi connectivity index (χ2v) is 7.61. The van der Waals surface area contributed by atoms with Gasteiger partial charge in [0.2, 0.25) is 11.8 Å². The van der Waals surface area contributed by atoms with Gasteiger partial charge in [-0.2, -0.15) is 5.10 Å². The van der Waals surface area contributed by atoms with Gasteiger partial charge in [-0.15, -0.1) is 0 Å². The molecule has 1 aromatic heterocycles. The highest BCUT2D eigenvalue weighted by atomic mass is 16.5. The average Bonchev–Trinajstić information content (AvgIpc) is 2.87. The van der Waals surface area contributed by atoms with Crippen LogP contribution in [-0.2, 0) is 33.8 Å². The second kappa shape index (κ2) is 9.86. The van der Waals surface area contributed by atoms with Gasteiger partial charge < -0.3 is 15.0 Å². The van der Waals surface area contributed by atoms with E-state index in [-0.39, 0.29) is 30.0 Å². The summed E-state index contributed by atoms with van der Waals surface area (Å²) in [6.07, 6.45) is 6.01. The molecule has 9 heteroatoms. The lowest BCUT2D eigenvalue weighted by molar-refractivity contribution is -0.136. The number of fused-ring (bicyclic) bond motifs is 1. The van der Waals surface area contributed by atoms with Crippen molar-refractivity contribution in [2.75, 3.05) is 33.4 Å². The molecule has 1 N–H and O–H groups in total. The highest BCUT2D eigenvalue weighted by Crippen LogP contribution is 2.18. The number of nitrogens with one attached hydrogen (secondary N) is 1. The Hall–Kier alpha value is -2.16. The van der Waals surface area contributed by atoms with Crippen LogP contribution in [0.15, 0.2) is 4.79 Å². The molecule has 9 nitrogen and oxygen atoms in total. The summed E-state index contributed by atoms with van der Waals surface area (Å²) in [4.78, 5) is 39.1. The highest BCUT2D eigenvalue weighted by Gasteiger charge is 2.28. The fourth-order valence-electron chi connectivity index (χ4n) is 3.92. The molecule has 2 amide bonds. The van der Waals surface area contributed by atoms with Crippen molar-refractivity contribution < 1.29 is 14.3 Å². The lowest BCUT2D eigenvalue weighted by Gasteiger charge is -2.31. The average molecular weight is 393 g/mol. The van der Waals surface area contributed by atoms with E-state index in [4.69, 9.17) is 4.74 Å². The zero-order valence-corrected chi connectivity index (χ0v) is 16.7. The van der Waals surface area contributed by atoms with Crippen LogP contribution in [0.4, 0.5) is 0 Å². The lowest BCUT2D eigenvalue weighted by atomic mass is 9.96. The van der Waals surface area contributed by atoms with Gasteiger partial charge in [0.1, 0.15) is 12.4 Å². The summed E-state index contributed by atoms with van der Waals surface area (Å²) in [6, 6.07) is 0. The van der Waals surface area contributed by atoms with Gasteiger partial charge in [0.05, 0.1) is 0 Å². The molecule has 0 aliphatic carbocycles. The number of piperidine rings is 1. The Balaban J connectivity index is 1.48. The fraction of sp³-hybridized carbons (Fsp3) is 0.789. The Morgan fingerprint density at radius 2 is 1.96 bits per heavy atom. The summed E-state index contributed by atoms with van der Waals surface area (Å²) in [5.74, 6) is 0.684. The van der Waals surface area contributed by atoms with E-state index in [9.17, 15) is 14.4 Å². The van der Waals surface area contributed by atoms with Crippen LogP contribution in [0.1, 0.15) is 44.3 Å². The number of carbonyl (C=O) groups excluding carboxylic acids is 2. The minimum Gasteiger partial charge on any atom is -0.385 e. The quantitative estimate of drug-likeness (QED) is 0.666. The smallest absolute Gasteiger partial charge is 0.346 e. The van der Waals surface area contributed by atoms with Crippen molar-refractivity contribution in [1.82, 2.24) is 24.6 Å². The van der Waals surface area contributed by atoms with Crippen LogP contribution >= 0.6 is 0 Å². The molecule has 28 heavy (non-hydrogen) atoms. The van der Waals surface area contributed by atoms with Crippen LogP contribution in [0.3, 0.4) is 0 Å². The third kappa shape index (κ3) is 5.01. The van der Waals surface area contributed by atoms with Crippen LogP contribution in [0.25, 0.3) is 0 Å². The van der Waals surface area contributed by atoms with Crippen molar-refractivity contribution in [2.45, 2.75) is 58.0 Å². The molecule has 0 bridgehead atoms. The molecular formula is C19H31N5O4. The second-order valence-electron chi connectivity index (χ2n) is 7.61. The van der Waals surface area contributed by atoms with Crippen LogP contribution in [-0.4, -0.2) is 64.4 Å². The van der Waals surface area contributed by atoms with Gasteiger partial charge in [0.15, 0.2) is 0 Å². The Morgan fingerprint density at radius 1 is 1.18 bits per heavy atom. The van der Waals surface area contributed by atoms with Crippen molar-refractivity contribution >= 4 is 11.8 Å². The Bertz CT molecular complexity index is 733. The van der Waals surface area contributed by atoms with Crippen LogP contribution in [0.2, 0.25) is 0 Å². The highest BCUT2D eigenvalue weighted by molar-refractivity contribution is 5.80. The number of methoxy groups -OCH3 is 1. The normalized spacial score (nSPS) is 17.8. The van der Waals surface area contributed by atoms with Gasteiger partial charge in [-0.3, -0.25) is 14.2 Å². The minimum absolute atomic E-state index is 0.0211. The maximum absolute atomic E-state index is 12.6. The number of carbonyl (C=O) groups is 2. The van der Waals surface area contributed by atoms with Crippen molar-refractivity contribution in [1.29, 1.82) is 0 Å². The van der Waals surface area contributed by atoms with Gasteiger partial charge in [0.25, 0.3) is 0 Å². The van der Waals surface area contributed by atoms with Gasteiger partial charge in [-0.25, -0.2) is 9.48 Å². The molecule has 0 spiro atoms. The monoisotopic (exact) mass is 393 g/mol. The minimum atomic E-state index is -0.185. The topological polar surface area (TPSA) is 98.5 Å². The van der Waals surface area contributed by atoms with Crippen LogP contribution < -0.4 is 11.0 Å². The maximum Gasteiger partial charge on any atom is 0.346 e. The predicted molar refractivity (Wildman–Crippen MR) is 103 cm³/mol. The summed E-state index contributed by atoms with van der Waals surface area (Å²) in [6.45, 7) is 2.98. The van der Waals surface area contributed by atoms with Crippen LogP contribution in [0.5, 0.6) is 0 Å². The first kappa shape index (κ1) is 20.6. The summed E-state index contributed by atoms with van der Waals surface area (Å²) in [7, 11) is 1.64. The summed E-state index contributed by atoms with van der Waals surface area (Å²) < 4.78 is 7.99. The summed E-state index contributed by atoms with van der Waals surface area (Å²) in [5, 5.41) is 7.31. The number of ether oxygens (including phenoxy) is 1. The number of hydrogen-bond acceptors (Lipinski definition) is 5. The first-order valence-electron chi connectivity index (χ1n) is 10.3. The van der Waals surface area contributed by atoms with Crippen molar-refractivity contribution in [3.05, 3.63) is 16.3 Å². The van der Waals surface area contributed by atoms with E-state index >= 15 is 0 Å². The van der Waals surface area contributed by atoms with Crippen molar-refractivity contribution in [3.63, 3.8) is 0 Å². The van der Waals surface area contributed by atoms with E-state index in [0.717, 1.165) is 37.9 Å². The number of rotatable bonds is 7. The van der Waals surface area contributed by atoms with Gasteiger partial charge in [-0.05, 0) is 32.1 Å². The number of hydrogen-bond donors (Lipinski definition) is 1. The third-order valence-electron chi connectivity index (χ3n) is 5.61. The van der Waals surface area contributed by atoms with Gasteiger partial charge >= 0.3 is 5.69 Å². The standard InChI is InChI=1S/C19H31N5O4/c1-28-13-5-9-20-18(26)15-7-11-22(12-8-15)17(25)14-24-19(27)23-10-4-2-3-6-16(23)21-24/h15H,2-14H2,1H3,(H,20,26). The SMILES string of the molecule is COCCCNC(=O)C1CCN(C(=O)Cn2nc3n(c2=O)CCCCC3)CC1. The zero-order valence-electron chi connectivity index (χ0n) is 16.7. The molecule has 0 atom stereocenters. The number of aryl methyl sites for hydroxylation is 1. The predicted octanol–water partition coefficient (Wildman–Crippen LogP) is 0.163. The molecule has 0 aromatic carbocycles. The van der Waals surface area contributed by atoms with E-state index in [1.54, 1.807) is 16.6 Å². The molecule has 2 aliphatic heterocycles. The molecule has 1 fully saturated rings. The Kier molecular flexibility index (Phi) is 7.24. The van der Waals surface area contributed by atoms with E-state index in [2.05, 4.69) is 10.4 Å². The lowest BCUT2D eigenvalue weighted by Crippen LogP contribution is -2.45. The largest absolute Gasteiger partial charge is 0.385 e. The molecule has 2 aliphatic rings. The van der Waals surface area contributed by atoms with Crippen LogP contribution in [0, 0.1) is 5.92 Å². The number of amides is 2. The Labute approximate surface area is 165 Å². The molecular weight excluding hydrogens is 362 g/mol. The molecule has 0 unspecified atom stereocenters. The first-order chi connectivity index (χ1) is 13.6. The fourth-order valence-corrected chi connectivity index (χ4v) is 3.92. The van der Waals surface area contributed by atoms with E-state index in [1.165, 1.54) is 4.68 Å². The van der Waals surface area contributed by atoms with E-state index in [1.807, 2.05) is 0 Å². The molecule has 1 aromatic rings. The number of nitrogens with zero attached hydrogens (tertiary/aromatic N) is 4. The molecule has 156 valence electrons. The van der Waals surface area contributed by atoms with Gasteiger partial charge in [0, 0.05) is 52.2 Å². The molecule has 3 rings (SSSR count). The molecule has 0 saturated carbocycles. The first-order valence-corrected chi connectivity index (χ1v) is 10.3. The number of aromatic nitrogens is 3. The Morgan fingerprint density at radius 3 is 2.71 bits per heavy atom. The molecule has 1 saturated heterocycles. The molecule has 0 radical (unpaired) electrons. The van der Waals surface area contributed by atoms with Gasteiger partial charge in [-0.1, -0.05) is 6.42 Å². The molecule has 3 heterocycles. The van der Waals surface area contributed by atoms with E-state index in [0.29, 0.717) is 45.6 Å². The summed E-state index contributed by atoms with van der Waals surface area (Å²) in [5.41, 5.74) is -0.185. The maximum atomic E-state index is 12.6. The van der Waals surface area contributed by atoms with E-state index < -0.39 is 0 Å². The third-order valence-corrected chi connectivity index (χ3v) is 5.61. The zero-order chi connectivity index (χ0) is 19.9.